The Morgan fingerprint density at radius 1 is 1.26 bits per heavy atom. The van der Waals surface area contributed by atoms with E-state index in [0.717, 1.165) is 54.3 Å². The fraction of sp³-hybridized carbons (Fsp3) is 0.333. The Balaban J connectivity index is 1.31. The highest BCUT2D eigenvalue weighted by atomic mass is 35.5. The minimum Gasteiger partial charge on any atom is -0.497 e. The average molecular weight is 439 g/mol. The van der Waals surface area contributed by atoms with Crippen molar-refractivity contribution in [3.05, 3.63) is 65.2 Å². The molecule has 0 spiro atoms. The van der Waals surface area contributed by atoms with Crippen molar-refractivity contribution >= 4 is 23.3 Å². The maximum atomic E-state index is 12.5. The van der Waals surface area contributed by atoms with Gasteiger partial charge in [0, 0.05) is 36.6 Å². The first-order chi connectivity index (χ1) is 15.1. The van der Waals surface area contributed by atoms with Crippen LogP contribution in [0.4, 0.5) is 5.82 Å². The van der Waals surface area contributed by atoms with Crippen molar-refractivity contribution in [3.63, 3.8) is 0 Å². The first-order valence-corrected chi connectivity index (χ1v) is 11.0. The summed E-state index contributed by atoms with van der Waals surface area (Å²) in [7, 11) is 1.65. The van der Waals surface area contributed by atoms with Gasteiger partial charge in [-0.1, -0.05) is 35.9 Å². The monoisotopic (exact) mass is 438 g/mol. The molecule has 3 aromatic rings. The lowest BCUT2D eigenvalue weighted by Crippen LogP contribution is -2.48. The molecule has 2 N–H and O–H groups in total. The molecule has 162 valence electrons. The number of carbonyl (C=O) groups excluding carboxylic acids is 1. The molecule has 7 heteroatoms. The van der Waals surface area contributed by atoms with E-state index in [2.05, 4.69) is 26.5 Å². The number of halogens is 1. The highest BCUT2D eigenvalue weighted by Gasteiger charge is 2.23. The van der Waals surface area contributed by atoms with Crippen LogP contribution in [0.5, 0.6) is 5.75 Å². The van der Waals surface area contributed by atoms with Gasteiger partial charge in [0.1, 0.15) is 5.75 Å². The van der Waals surface area contributed by atoms with Crippen LogP contribution >= 0.6 is 11.6 Å². The molecule has 0 radical (unpaired) electrons. The second-order valence-corrected chi connectivity index (χ2v) is 8.29. The van der Waals surface area contributed by atoms with Crippen molar-refractivity contribution in [2.24, 2.45) is 0 Å². The number of aromatic amines is 1. The van der Waals surface area contributed by atoms with Gasteiger partial charge in [-0.2, -0.15) is 5.10 Å². The number of amides is 1. The topological polar surface area (TPSA) is 70.2 Å². The predicted octanol–water partition coefficient (Wildman–Crippen LogP) is 4.46. The lowest BCUT2D eigenvalue weighted by molar-refractivity contribution is -0.121. The van der Waals surface area contributed by atoms with Gasteiger partial charge in [0.15, 0.2) is 5.82 Å². The number of nitrogens with one attached hydrogen (secondary N) is 2. The molecular formula is C24H27ClN4O2. The van der Waals surface area contributed by atoms with E-state index in [9.17, 15) is 4.79 Å². The molecule has 1 fully saturated rings. The zero-order valence-electron chi connectivity index (χ0n) is 17.6. The van der Waals surface area contributed by atoms with E-state index in [1.807, 2.05) is 48.5 Å². The molecule has 1 amide bonds. The summed E-state index contributed by atoms with van der Waals surface area (Å²) in [6.07, 6.45) is 3.16. The van der Waals surface area contributed by atoms with Crippen LogP contribution < -0.4 is 15.0 Å². The molecule has 1 aliphatic heterocycles. The molecule has 1 saturated heterocycles. The quantitative estimate of drug-likeness (QED) is 0.571. The Bertz CT molecular complexity index is 1020. The van der Waals surface area contributed by atoms with E-state index < -0.39 is 0 Å². The molecule has 2 aromatic carbocycles. The van der Waals surface area contributed by atoms with E-state index >= 15 is 0 Å². The molecule has 1 unspecified atom stereocenters. The van der Waals surface area contributed by atoms with Crippen LogP contribution in [0.2, 0.25) is 5.02 Å². The Labute approximate surface area is 187 Å². The van der Waals surface area contributed by atoms with E-state index in [0.29, 0.717) is 17.9 Å². The normalized spacial score (nSPS) is 16.2. The number of methoxy groups -OCH3 is 1. The Morgan fingerprint density at radius 3 is 2.90 bits per heavy atom. The van der Waals surface area contributed by atoms with E-state index in [1.54, 1.807) is 7.11 Å². The first-order valence-electron chi connectivity index (χ1n) is 10.6. The molecule has 0 bridgehead atoms. The molecule has 4 rings (SSSR count). The number of piperidine rings is 1. The van der Waals surface area contributed by atoms with E-state index in [4.69, 9.17) is 16.3 Å². The van der Waals surface area contributed by atoms with Gasteiger partial charge in [0.2, 0.25) is 5.91 Å². The van der Waals surface area contributed by atoms with Gasteiger partial charge in [-0.3, -0.25) is 9.89 Å². The van der Waals surface area contributed by atoms with Crippen LogP contribution in [-0.4, -0.2) is 42.3 Å². The number of anilines is 1. The van der Waals surface area contributed by atoms with E-state index in [1.165, 1.54) is 0 Å². The molecule has 0 saturated carbocycles. The van der Waals surface area contributed by atoms with Gasteiger partial charge in [-0.05, 0) is 54.7 Å². The summed E-state index contributed by atoms with van der Waals surface area (Å²) < 4.78 is 5.25. The summed E-state index contributed by atoms with van der Waals surface area (Å²) in [5.41, 5.74) is 3.10. The summed E-state index contributed by atoms with van der Waals surface area (Å²) in [5.74, 6) is 1.80. The standard InChI is InChI=1S/C24H27ClN4O2/c1-31-21-6-2-4-17(14-21)7-12-24(30)26-20-5-3-13-29(16-20)23-15-22(27-28-23)18-8-10-19(25)11-9-18/h2,4,6,8-11,14-15,20H,3,5,7,12-13,16H2,1H3,(H,26,30)(H,27,28). The van der Waals surface area contributed by atoms with Crippen LogP contribution in [0.1, 0.15) is 24.8 Å². The van der Waals surface area contributed by atoms with Crippen molar-refractivity contribution in [3.8, 4) is 17.0 Å². The maximum absolute atomic E-state index is 12.5. The third kappa shape index (κ3) is 5.58. The second kappa shape index (κ2) is 9.88. The third-order valence-corrected chi connectivity index (χ3v) is 5.86. The molecule has 6 nitrogen and oxygen atoms in total. The number of carbonyl (C=O) groups is 1. The Kier molecular flexibility index (Phi) is 6.77. The number of H-pyrrole nitrogens is 1. The number of benzene rings is 2. The van der Waals surface area contributed by atoms with Gasteiger partial charge in [-0.15, -0.1) is 0 Å². The van der Waals surface area contributed by atoms with Crippen LogP contribution in [-0.2, 0) is 11.2 Å². The summed E-state index contributed by atoms with van der Waals surface area (Å²) >= 11 is 5.98. The lowest BCUT2D eigenvalue weighted by Gasteiger charge is -2.33. The van der Waals surface area contributed by atoms with Crippen LogP contribution in [0.15, 0.2) is 54.6 Å². The smallest absolute Gasteiger partial charge is 0.220 e. The van der Waals surface area contributed by atoms with Gasteiger partial charge >= 0.3 is 0 Å². The van der Waals surface area contributed by atoms with Crippen molar-refractivity contribution < 1.29 is 9.53 Å². The minimum absolute atomic E-state index is 0.0820. The van der Waals surface area contributed by atoms with Crippen molar-refractivity contribution in [2.75, 3.05) is 25.1 Å². The van der Waals surface area contributed by atoms with Crippen LogP contribution in [0, 0.1) is 0 Å². The average Bonchev–Trinajstić information content (AvgIpc) is 3.29. The summed E-state index contributed by atoms with van der Waals surface area (Å²) in [4.78, 5) is 14.7. The summed E-state index contributed by atoms with van der Waals surface area (Å²) in [6, 6.07) is 17.7. The largest absolute Gasteiger partial charge is 0.497 e. The van der Waals surface area contributed by atoms with Crippen LogP contribution in [0.25, 0.3) is 11.3 Å². The van der Waals surface area contributed by atoms with Gasteiger partial charge in [0.05, 0.1) is 12.8 Å². The molecule has 31 heavy (non-hydrogen) atoms. The molecular weight excluding hydrogens is 412 g/mol. The molecule has 1 aliphatic rings. The first kappa shape index (κ1) is 21.2. The Morgan fingerprint density at radius 2 is 2.10 bits per heavy atom. The highest BCUT2D eigenvalue weighted by molar-refractivity contribution is 6.30. The number of aromatic nitrogens is 2. The number of hydrogen-bond acceptors (Lipinski definition) is 4. The zero-order chi connectivity index (χ0) is 21.6. The maximum Gasteiger partial charge on any atom is 0.220 e. The SMILES string of the molecule is COc1cccc(CCC(=O)NC2CCCN(c3cc(-c4ccc(Cl)cc4)[nH]n3)C2)c1. The number of aryl methyl sites for hydroxylation is 1. The van der Waals surface area contributed by atoms with Crippen molar-refractivity contribution in [2.45, 2.75) is 31.7 Å². The molecule has 0 aliphatic carbocycles. The Hall–Kier alpha value is -2.99. The van der Waals surface area contributed by atoms with Crippen molar-refractivity contribution in [1.29, 1.82) is 0 Å². The van der Waals surface area contributed by atoms with Gasteiger partial charge in [-0.25, -0.2) is 0 Å². The van der Waals surface area contributed by atoms with Crippen LogP contribution in [0.3, 0.4) is 0 Å². The number of nitrogens with zero attached hydrogens (tertiary/aromatic N) is 2. The van der Waals surface area contributed by atoms with Gasteiger partial charge in [0.25, 0.3) is 0 Å². The summed E-state index contributed by atoms with van der Waals surface area (Å²) in [6.45, 7) is 1.69. The van der Waals surface area contributed by atoms with Gasteiger partial charge < -0.3 is 15.0 Å². The molecule has 1 aromatic heterocycles. The number of ether oxygens (including phenoxy) is 1. The highest BCUT2D eigenvalue weighted by Crippen LogP contribution is 2.25. The van der Waals surface area contributed by atoms with E-state index in [-0.39, 0.29) is 11.9 Å². The molecule has 1 atom stereocenters. The summed E-state index contributed by atoms with van der Waals surface area (Å²) in [5, 5.41) is 11.5. The number of rotatable bonds is 7. The van der Waals surface area contributed by atoms with Crippen molar-refractivity contribution in [1.82, 2.24) is 15.5 Å². The third-order valence-electron chi connectivity index (χ3n) is 5.60. The zero-order valence-corrected chi connectivity index (χ0v) is 18.4. The minimum atomic E-state index is 0.0820. The fourth-order valence-electron chi connectivity index (χ4n) is 3.94. The second-order valence-electron chi connectivity index (χ2n) is 7.85. The fourth-order valence-corrected chi connectivity index (χ4v) is 4.07. The predicted molar refractivity (Wildman–Crippen MR) is 124 cm³/mol. The molecule has 2 heterocycles. The number of hydrogen-bond donors (Lipinski definition) is 2. The lowest BCUT2D eigenvalue weighted by atomic mass is 10.0.